The molecule has 0 fully saturated rings. The molecule has 3 aromatic rings. The predicted octanol–water partition coefficient (Wildman–Crippen LogP) is 5.40. The molecule has 3 nitrogen and oxygen atoms in total. The second-order valence-electron chi connectivity index (χ2n) is 6.51. The number of amides is 1. The number of benzene rings is 3. The molecule has 4 heteroatoms. The highest BCUT2D eigenvalue weighted by Gasteiger charge is 2.18. The van der Waals surface area contributed by atoms with E-state index in [0.29, 0.717) is 18.7 Å². The molecular formula is C23H24ClNO2. The van der Waals surface area contributed by atoms with Gasteiger partial charge in [0.25, 0.3) is 5.91 Å². The summed E-state index contributed by atoms with van der Waals surface area (Å²) in [6, 6.07) is 21.8. The first-order chi connectivity index (χ1) is 13.2. The van der Waals surface area contributed by atoms with Gasteiger partial charge in [0.05, 0.1) is 0 Å². The summed E-state index contributed by atoms with van der Waals surface area (Å²) in [6.07, 6.45) is 1.79. The van der Waals surface area contributed by atoms with Crippen LogP contribution < -0.4 is 10.1 Å². The molecule has 3 aromatic carbocycles. The maximum absolute atomic E-state index is 12.5. The molecule has 0 spiro atoms. The van der Waals surface area contributed by atoms with E-state index in [1.54, 1.807) is 0 Å². The van der Waals surface area contributed by atoms with E-state index in [1.807, 2.05) is 67.6 Å². The molecule has 1 atom stereocenters. The summed E-state index contributed by atoms with van der Waals surface area (Å²) in [5.74, 6) is 0.636. The molecule has 0 heterocycles. The second-order valence-corrected chi connectivity index (χ2v) is 6.92. The third kappa shape index (κ3) is 5.24. The molecule has 0 aliphatic heterocycles. The molecule has 0 bridgehead atoms. The van der Waals surface area contributed by atoms with Crippen molar-refractivity contribution >= 4 is 28.3 Å². The van der Waals surface area contributed by atoms with Crippen molar-refractivity contribution < 1.29 is 9.53 Å². The number of nitrogens with one attached hydrogen (secondary N) is 1. The maximum atomic E-state index is 12.5. The Bertz CT molecular complexity index is 910. The van der Waals surface area contributed by atoms with Crippen LogP contribution in [0.1, 0.15) is 25.3 Å². The van der Waals surface area contributed by atoms with E-state index in [2.05, 4.69) is 11.4 Å². The van der Waals surface area contributed by atoms with Crippen molar-refractivity contribution in [3.8, 4) is 5.75 Å². The highest BCUT2D eigenvalue weighted by atomic mass is 35.5. The fourth-order valence-electron chi connectivity index (χ4n) is 3.03. The zero-order valence-corrected chi connectivity index (χ0v) is 16.2. The highest BCUT2D eigenvalue weighted by molar-refractivity contribution is 6.31. The minimum Gasteiger partial charge on any atom is -0.481 e. The second kappa shape index (κ2) is 9.43. The van der Waals surface area contributed by atoms with Crippen molar-refractivity contribution in [2.24, 2.45) is 0 Å². The van der Waals surface area contributed by atoms with Crippen LogP contribution in [0.3, 0.4) is 0 Å². The lowest BCUT2D eigenvalue weighted by Crippen LogP contribution is -2.38. The molecule has 0 saturated carbocycles. The predicted molar refractivity (Wildman–Crippen MR) is 111 cm³/mol. The van der Waals surface area contributed by atoms with Gasteiger partial charge in [0, 0.05) is 11.6 Å². The van der Waals surface area contributed by atoms with Crippen molar-refractivity contribution in [1.82, 2.24) is 5.32 Å². The maximum Gasteiger partial charge on any atom is 0.261 e. The van der Waals surface area contributed by atoms with Crippen LogP contribution >= 0.6 is 11.6 Å². The number of halogens is 1. The largest absolute Gasteiger partial charge is 0.481 e. The molecule has 3 rings (SSSR count). The van der Waals surface area contributed by atoms with Gasteiger partial charge < -0.3 is 10.1 Å². The number of hydrogen-bond acceptors (Lipinski definition) is 2. The summed E-state index contributed by atoms with van der Waals surface area (Å²) in [7, 11) is 0. The summed E-state index contributed by atoms with van der Waals surface area (Å²) in [6.45, 7) is 2.55. The lowest BCUT2D eigenvalue weighted by molar-refractivity contribution is -0.128. The van der Waals surface area contributed by atoms with Crippen LogP contribution in [0.4, 0.5) is 0 Å². The number of carbonyl (C=O) groups is 1. The Labute approximate surface area is 165 Å². The van der Waals surface area contributed by atoms with Crippen molar-refractivity contribution in [1.29, 1.82) is 0 Å². The highest BCUT2D eigenvalue weighted by Crippen LogP contribution is 2.22. The first kappa shape index (κ1) is 19.2. The lowest BCUT2D eigenvalue weighted by atomic mass is 10.1. The molecular weight excluding hydrogens is 358 g/mol. The Kier molecular flexibility index (Phi) is 6.72. The van der Waals surface area contributed by atoms with Gasteiger partial charge in [0.2, 0.25) is 0 Å². The van der Waals surface area contributed by atoms with Gasteiger partial charge >= 0.3 is 0 Å². The minimum absolute atomic E-state index is 0.0789. The van der Waals surface area contributed by atoms with E-state index in [9.17, 15) is 4.79 Å². The van der Waals surface area contributed by atoms with Gasteiger partial charge in [-0.3, -0.25) is 4.79 Å². The molecule has 0 aliphatic rings. The number of rotatable bonds is 8. The molecule has 1 N–H and O–H groups in total. The molecule has 0 radical (unpaired) electrons. The van der Waals surface area contributed by atoms with Crippen molar-refractivity contribution in [3.63, 3.8) is 0 Å². The van der Waals surface area contributed by atoms with E-state index < -0.39 is 6.10 Å². The zero-order chi connectivity index (χ0) is 19.1. The normalized spacial score (nSPS) is 11.9. The van der Waals surface area contributed by atoms with Gasteiger partial charge in [-0.1, -0.05) is 67.1 Å². The van der Waals surface area contributed by atoms with Crippen LogP contribution in [-0.4, -0.2) is 18.6 Å². The smallest absolute Gasteiger partial charge is 0.261 e. The van der Waals surface area contributed by atoms with E-state index in [4.69, 9.17) is 16.3 Å². The number of aryl methyl sites for hydroxylation is 1. The van der Waals surface area contributed by atoms with Crippen LogP contribution in [0.2, 0.25) is 5.02 Å². The van der Waals surface area contributed by atoms with Crippen LogP contribution in [0.25, 0.3) is 10.8 Å². The Morgan fingerprint density at radius 1 is 1.04 bits per heavy atom. The summed E-state index contributed by atoms with van der Waals surface area (Å²) in [4.78, 5) is 12.5. The van der Waals surface area contributed by atoms with E-state index >= 15 is 0 Å². The van der Waals surface area contributed by atoms with Gasteiger partial charge in [-0.15, -0.1) is 0 Å². The zero-order valence-electron chi connectivity index (χ0n) is 15.5. The number of ether oxygens (including phenoxy) is 1. The monoisotopic (exact) mass is 381 g/mol. The molecule has 0 aliphatic carbocycles. The standard InChI is InChI=1S/C23H24ClNO2/c1-2-22(27-20-14-13-17-8-3-4-10-19(17)16-20)23(26)25-15-7-11-18-9-5-6-12-21(18)24/h3-6,8-10,12-14,16,22H,2,7,11,15H2,1H3,(H,25,26). The van der Waals surface area contributed by atoms with Crippen LogP contribution in [-0.2, 0) is 11.2 Å². The Morgan fingerprint density at radius 3 is 2.56 bits per heavy atom. The van der Waals surface area contributed by atoms with Crippen molar-refractivity contribution in [2.45, 2.75) is 32.3 Å². The van der Waals surface area contributed by atoms with Gasteiger partial charge in [-0.2, -0.15) is 0 Å². The molecule has 0 saturated heterocycles. The summed E-state index contributed by atoms with van der Waals surface area (Å²) >= 11 is 6.16. The van der Waals surface area contributed by atoms with Crippen LogP contribution in [0, 0.1) is 0 Å². The average Bonchev–Trinajstić information content (AvgIpc) is 2.70. The van der Waals surface area contributed by atoms with Gasteiger partial charge in [0.15, 0.2) is 6.10 Å². The minimum atomic E-state index is -0.494. The van der Waals surface area contributed by atoms with Crippen molar-refractivity contribution in [2.75, 3.05) is 6.54 Å². The fraction of sp³-hybridized carbons (Fsp3) is 0.261. The topological polar surface area (TPSA) is 38.3 Å². The quantitative estimate of drug-likeness (QED) is 0.530. The first-order valence-corrected chi connectivity index (χ1v) is 9.71. The molecule has 1 unspecified atom stereocenters. The van der Waals surface area contributed by atoms with E-state index in [1.165, 1.54) is 0 Å². The van der Waals surface area contributed by atoms with Gasteiger partial charge in [0.1, 0.15) is 5.75 Å². The molecule has 140 valence electrons. The Morgan fingerprint density at radius 2 is 1.78 bits per heavy atom. The molecule has 1 amide bonds. The van der Waals surface area contributed by atoms with E-state index in [-0.39, 0.29) is 5.91 Å². The third-order valence-corrected chi connectivity index (χ3v) is 4.91. The molecule has 27 heavy (non-hydrogen) atoms. The van der Waals surface area contributed by atoms with Gasteiger partial charge in [-0.25, -0.2) is 0 Å². The molecule has 0 aromatic heterocycles. The van der Waals surface area contributed by atoms with Crippen LogP contribution in [0.5, 0.6) is 5.75 Å². The average molecular weight is 382 g/mol. The fourth-order valence-corrected chi connectivity index (χ4v) is 3.26. The summed E-state index contributed by atoms with van der Waals surface area (Å²) in [5.41, 5.74) is 1.10. The SMILES string of the molecule is CCC(Oc1ccc2ccccc2c1)C(=O)NCCCc1ccccc1Cl. The number of hydrogen-bond donors (Lipinski definition) is 1. The summed E-state index contributed by atoms with van der Waals surface area (Å²) < 4.78 is 5.93. The Balaban J connectivity index is 1.51. The first-order valence-electron chi connectivity index (χ1n) is 9.34. The summed E-state index contributed by atoms with van der Waals surface area (Å²) in [5, 5.41) is 6.00. The third-order valence-electron chi connectivity index (χ3n) is 4.54. The Hall–Kier alpha value is -2.52. The van der Waals surface area contributed by atoms with Gasteiger partial charge in [-0.05, 0) is 53.8 Å². The van der Waals surface area contributed by atoms with Crippen LogP contribution in [0.15, 0.2) is 66.7 Å². The number of carbonyl (C=O) groups excluding carboxylic acids is 1. The number of fused-ring (bicyclic) bond motifs is 1. The lowest BCUT2D eigenvalue weighted by Gasteiger charge is -2.17. The van der Waals surface area contributed by atoms with Crippen molar-refractivity contribution in [3.05, 3.63) is 77.3 Å². The van der Waals surface area contributed by atoms with E-state index in [0.717, 1.165) is 34.2 Å².